The second kappa shape index (κ2) is 5.90. The first-order chi connectivity index (χ1) is 7.79. The molecule has 0 aromatic heterocycles. The van der Waals surface area contributed by atoms with Gasteiger partial charge in [0.1, 0.15) is 5.75 Å². The van der Waals surface area contributed by atoms with Crippen molar-refractivity contribution in [2.75, 3.05) is 6.61 Å². The third-order valence-corrected chi connectivity index (χ3v) is 3.20. The van der Waals surface area contributed by atoms with Gasteiger partial charge in [0.15, 0.2) is 0 Å². The summed E-state index contributed by atoms with van der Waals surface area (Å²) in [5.41, 5.74) is 1.60. The highest BCUT2D eigenvalue weighted by Crippen LogP contribution is 2.30. The van der Waals surface area contributed by atoms with Crippen LogP contribution in [0.15, 0.2) is 22.7 Å². The van der Waals surface area contributed by atoms with Gasteiger partial charge in [-0.15, -0.1) is 0 Å². The minimum atomic E-state index is 0.327. The Labute approximate surface area is 114 Å². The molecule has 0 fully saturated rings. The molecule has 0 aliphatic heterocycles. The summed E-state index contributed by atoms with van der Waals surface area (Å²) >= 11 is 3.51. The number of benzene rings is 1. The van der Waals surface area contributed by atoms with E-state index in [1.807, 2.05) is 6.07 Å². The van der Waals surface area contributed by atoms with Crippen LogP contribution in [0.5, 0.6) is 5.75 Å². The molecule has 2 heteroatoms. The van der Waals surface area contributed by atoms with Crippen molar-refractivity contribution in [2.45, 2.75) is 47.0 Å². The molecule has 1 nitrogen and oxygen atoms in total. The predicted octanol–water partition coefficient (Wildman–Crippen LogP) is 5.39. The Morgan fingerprint density at radius 2 is 1.88 bits per heavy atom. The van der Waals surface area contributed by atoms with Gasteiger partial charge in [-0.2, -0.15) is 0 Å². The van der Waals surface area contributed by atoms with Gasteiger partial charge >= 0.3 is 0 Å². The van der Waals surface area contributed by atoms with Gasteiger partial charge in [-0.25, -0.2) is 0 Å². The Hall–Kier alpha value is -0.500. The van der Waals surface area contributed by atoms with Crippen LogP contribution >= 0.6 is 15.9 Å². The number of rotatable bonds is 4. The largest absolute Gasteiger partial charge is 0.493 e. The summed E-state index contributed by atoms with van der Waals surface area (Å²) in [5, 5.41) is 0. The van der Waals surface area contributed by atoms with Gasteiger partial charge in [0.05, 0.1) is 6.61 Å². The van der Waals surface area contributed by atoms with E-state index in [1.54, 1.807) is 0 Å². The van der Waals surface area contributed by atoms with E-state index in [1.165, 1.54) is 5.56 Å². The summed E-state index contributed by atoms with van der Waals surface area (Å²) in [6.07, 6.45) is 1.07. The first kappa shape index (κ1) is 14.6. The molecule has 0 atom stereocenters. The highest BCUT2D eigenvalue weighted by atomic mass is 79.9. The Bertz CT molecular complexity index is 364. The van der Waals surface area contributed by atoms with E-state index in [-0.39, 0.29) is 0 Å². The lowest BCUT2D eigenvalue weighted by Crippen LogP contribution is -2.11. The van der Waals surface area contributed by atoms with Crippen LogP contribution in [0.2, 0.25) is 0 Å². The number of hydrogen-bond donors (Lipinski definition) is 0. The summed E-state index contributed by atoms with van der Waals surface area (Å²) in [4.78, 5) is 0. The third kappa shape index (κ3) is 5.12. The van der Waals surface area contributed by atoms with E-state index >= 15 is 0 Å². The van der Waals surface area contributed by atoms with Crippen LogP contribution in [0.1, 0.15) is 52.5 Å². The molecular formula is C15H23BrO. The van der Waals surface area contributed by atoms with E-state index in [0.717, 1.165) is 23.2 Å². The maximum absolute atomic E-state index is 5.91. The molecule has 17 heavy (non-hydrogen) atoms. The molecule has 0 bridgehead atoms. The van der Waals surface area contributed by atoms with Crippen molar-refractivity contribution in [2.24, 2.45) is 5.41 Å². The van der Waals surface area contributed by atoms with Crippen LogP contribution in [0.3, 0.4) is 0 Å². The van der Waals surface area contributed by atoms with Gasteiger partial charge in [-0.3, -0.25) is 0 Å². The smallest absolute Gasteiger partial charge is 0.122 e. The van der Waals surface area contributed by atoms with Crippen LogP contribution in [0, 0.1) is 5.41 Å². The lowest BCUT2D eigenvalue weighted by atomic mass is 9.93. The molecule has 0 aliphatic carbocycles. The van der Waals surface area contributed by atoms with E-state index in [4.69, 9.17) is 4.74 Å². The summed E-state index contributed by atoms with van der Waals surface area (Å²) in [5.74, 6) is 1.50. The molecule has 96 valence electrons. The molecule has 0 saturated heterocycles. The molecule has 1 rings (SSSR count). The molecule has 0 radical (unpaired) electrons. The zero-order valence-corrected chi connectivity index (χ0v) is 13.1. The van der Waals surface area contributed by atoms with E-state index in [2.05, 4.69) is 62.7 Å². The minimum Gasteiger partial charge on any atom is -0.493 e. The van der Waals surface area contributed by atoms with Crippen molar-refractivity contribution >= 4 is 15.9 Å². The number of hydrogen-bond acceptors (Lipinski definition) is 1. The summed E-state index contributed by atoms with van der Waals surface area (Å²) in [6.45, 7) is 11.9. The standard InChI is InChI=1S/C15H23BrO/c1-11(2)13-10-12(16)6-7-14(13)17-9-8-15(3,4)5/h6-7,10-11H,8-9H2,1-5H3. The average Bonchev–Trinajstić information content (AvgIpc) is 2.18. The van der Waals surface area contributed by atoms with Gasteiger partial charge in [0.2, 0.25) is 0 Å². The maximum Gasteiger partial charge on any atom is 0.122 e. The SMILES string of the molecule is CC(C)c1cc(Br)ccc1OCCC(C)(C)C. The van der Waals surface area contributed by atoms with Crippen LogP contribution in [0.25, 0.3) is 0 Å². The molecule has 0 unspecified atom stereocenters. The molecule has 0 spiro atoms. The molecule has 0 heterocycles. The highest BCUT2D eigenvalue weighted by molar-refractivity contribution is 9.10. The zero-order chi connectivity index (χ0) is 13.1. The van der Waals surface area contributed by atoms with Crippen molar-refractivity contribution in [3.8, 4) is 5.75 Å². The second-order valence-corrected chi connectivity index (χ2v) is 6.91. The van der Waals surface area contributed by atoms with E-state index in [9.17, 15) is 0 Å². The Kier molecular flexibility index (Phi) is 5.05. The summed E-state index contributed by atoms with van der Waals surface area (Å²) in [7, 11) is 0. The van der Waals surface area contributed by atoms with Crippen molar-refractivity contribution < 1.29 is 4.74 Å². The molecule has 0 aliphatic rings. The Morgan fingerprint density at radius 3 is 2.41 bits per heavy atom. The van der Waals surface area contributed by atoms with E-state index in [0.29, 0.717) is 11.3 Å². The number of halogens is 1. The maximum atomic E-state index is 5.91. The monoisotopic (exact) mass is 298 g/mol. The Balaban J connectivity index is 2.70. The highest BCUT2D eigenvalue weighted by Gasteiger charge is 2.12. The zero-order valence-electron chi connectivity index (χ0n) is 11.5. The normalized spacial score (nSPS) is 11.9. The first-order valence-corrected chi connectivity index (χ1v) is 7.01. The van der Waals surface area contributed by atoms with Crippen LogP contribution in [0.4, 0.5) is 0 Å². The quantitative estimate of drug-likeness (QED) is 0.724. The molecule has 0 N–H and O–H groups in total. The molecule has 1 aromatic carbocycles. The minimum absolute atomic E-state index is 0.327. The van der Waals surface area contributed by atoms with Crippen LogP contribution in [-0.4, -0.2) is 6.61 Å². The molecule has 0 saturated carbocycles. The second-order valence-electron chi connectivity index (χ2n) is 6.00. The van der Waals surface area contributed by atoms with Gasteiger partial charge in [-0.05, 0) is 41.5 Å². The van der Waals surface area contributed by atoms with Gasteiger partial charge in [-0.1, -0.05) is 50.5 Å². The fraction of sp³-hybridized carbons (Fsp3) is 0.600. The van der Waals surface area contributed by atoms with Gasteiger partial charge in [0, 0.05) is 4.47 Å². The topological polar surface area (TPSA) is 9.23 Å². The lowest BCUT2D eigenvalue weighted by molar-refractivity contribution is 0.241. The Morgan fingerprint density at radius 1 is 1.24 bits per heavy atom. The lowest BCUT2D eigenvalue weighted by Gasteiger charge is -2.20. The fourth-order valence-corrected chi connectivity index (χ4v) is 1.95. The molecule has 1 aromatic rings. The average molecular weight is 299 g/mol. The van der Waals surface area contributed by atoms with Crippen molar-refractivity contribution in [3.63, 3.8) is 0 Å². The fourth-order valence-electron chi connectivity index (χ4n) is 1.57. The van der Waals surface area contributed by atoms with Crippen LogP contribution < -0.4 is 4.74 Å². The summed E-state index contributed by atoms with van der Waals surface area (Å²) < 4.78 is 7.02. The molecular weight excluding hydrogens is 276 g/mol. The first-order valence-electron chi connectivity index (χ1n) is 6.22. The van der Waals surface area contributed by atoms with Crippen molar-refractivity contribution in [1.82, 2.24) is 0 Å². The van der Waals surface area contributed by atoms with E-state index < -0.39 is 0 Å². The van der Waals surface area contributed by atoms with Gasteiger partial charge in [0.25, 0.3) is 0 Å². The number of ether oxygens (including phenoxy) is 1. The third-order valence-electron chi connectivity index (χ3n) is 2.70. The molecule has 0 amide bonds. The van der Waals surface area contributed by atoms with Crippen LogP contribution in [-0.2, 0) is 0 Å². The van der Waals surface area contributed by atoms with Crippen molar-refractivity contribution in [3.05, 3.63) is 28.2 Å². The predicted molar refractivity (Wildman–Crippen MR) is 77.8 cm³/mol. The van der Waals surface area contributed by atoms with Crippen molar-refractivity contribution in [1.29, 1.82) is 0 Å². The van der Waals surface area contributed by atoms with Gasteiger partial charge < -0.3 is 4.74 Å². The summed E-state index contributed by atoms with van der Waals surface area (Å²) in [6, 6.07) is 6.25.